The molecule has 0 aliphatic carbocycles. The number of benzene rings is 1. The molecule has 1 aliphatic heterocycles. The fourth-order valence-corrected chi connectivity index (χ4v) is 3.95. The minimum atomic E-state index is -0.424. The highest BCUT2D eigenvalue weighted by molar-refractivity contribution is 8.18. The van der Waals surface area contributed by atoms with E-state index in [0.717, 1.165) is 28.4 Å². The van der Waals surface area contributed by atoms with Gasteiger partial charge in [0, 0.05) is 34.2 Å². The first-order valence-electron chi connectivity index (χ1n) is 8.30. The maximum atomic E-state index is 11.7. The summed E-state index contributed by atoms with van der Waals surface area (Å²) in [5, 5.41) is 7.13. The number of amides is 2. The summed E-state index contributed by atoms with van der Waals surface area (Å²) in [6, 6.07) is 7.19. The maximum Gasteiger partial charge on any atom is 0.290 e. The number of aromatic nitrogens is 1. The summed E-state index contributed by atoms with van der Waals surface area (Å²) < 4.78 is 5.86. The predicted octanol–water partition coefficient (Wildman–Crippen LogP) is 5.11. The van der Waals surface area contributed by atoms with Crippen molar-refractivity contribution in [2.24, 2.45) is 0 Å². The monoisotopic (exact) mass is 433 g/mol. The second-order valence-electron chi connectivity index (χ2n) is 6.02. The summed E-state index contributed by atoms with van der Waals surface area (Å²) in [5.74, 6) is 0.0471. The van der Waals surface area contributed by atoms with Gasteiger partial charge in [-0.15, -0.1) is 0 Å². The Bertz CT molecular complexity index is 1130. The zero-order chi connectivity index (χ0) is 19.7. The first-order valence-corrected chi connectivity index (χ1v) is 9.87. The number of fused-ring (bicyclic) bond motifs is 1. The Hall–Kier alpha value is -2.48. The molecule has 1 aromatic carbocycles. The molecular weight excluding hydrogens is 421 g/mol. The lowest BCUT2D eigenvalue weighted by atomic mass is 10.1. The van der Waals surface area contributed by atoms with Crippen molar-refractivity contribution in [2.45, 2.75) is 6.42 Å². The number of carbonyl (C=O) groups is 2. The van der Waals surface area contributed by atoms with E-state index in [2.05, 4.69) is 15.6 Å². The van der Waals surface area contributed by atoms with Crippen LogP contribution in [0.1, 0.15) is 11.3 Å². The average Bonchev–Trinajstić information content (AvgIpc) is 3.19. The number of rotatable bonds is 5. The molecule has 0 spiro atoms. The molecule has 9 heteroatoms. The van der Waals surface area contributed by atoms with E-state index in [0.29, 0.717) is 39.3 Å². The van der Waals surface area contributed by atoms with Gasteiger partial charge in [-0.1, -0.05) is 29.3 Å². The van der Waals surface area contributed by atoms with Crippen molar-refractivity contribution in [1.29, 1.82) is 0 Å². The van der Waals surface area contributed by atoms with Gasteiger partial charge in [-0.25, -0.2) is 0 Å². The number of halogens is 2. The van der Waals surface area contributed by atoms with Gasteiger partial charge in [0.05, 0.1) is 16.8 Å². The number of nitrogens with one attached hydrogen (secondary N) is 2. The highest BCUT2D eigenvalue weighted by Crippen LogP contribution is 2.30. The third-order valence-electron chi connectivity index (χ3n) is 4.08. The van der Waals surface area contributed by atoms with Crippen LogP contribution < -0.4 is 10.6 Å². The molecule has 6 nitrogen and oxygen atoms in total. The van der Waals surface area contributed by atoms with Crippen LogP contribution in [0.4, 0.5) is 10.5 Å². The summed E-state index contributed by atoms with van der Waals surface area (Å²) in [6.45, 7) is 0.617. The summed E-state index contributed by atoms with van der Waals surface area (Å²) in [7, 11) is 0. The molecule has 2 aromatic heterocycles. The Morgan fingerprint density at radius 1 is 1.21 bits per heavy atom. The van der Waals surface area contributed by atoms with Crippen LogP contribution in [0.3, 0.4) is 0 Å². The van der Waals surface area contributed by atoms with Crippen molar-refractivity contribution >= 4 is 68.8 Å². The molecule has 0 unspecified atom stereocenters. The second kappa shape index (κ2) is 7.87. The number of hydrogen-bond acceptors (Lipinski definition) is 6. The normalized spacial score (nSPS) is 15.4. The zero-order valence-electron chi connectivity index (χ0n) is 14.3. The number of hydrogen-bond donors (Lipinski definition) is 2. The van der Waals surface area contributed by atoms with Gasteiger partial charge in [-0.2, -0.15) is 0 Å². The van der Waals surface area contributed by atoms with Crippen LogP contribution in [-0.4, -0.2) is 22.7 Å². The lowest BCUT2D eigenvalue weighted by molar-refractivity contribution is -0.115. The van der Waals surface area contributed by atoms with Gasteiger partial charge in [0.15, 0.2) is 5.58 Å². The molecule has 3 heterocycles. The van der Waals surface area contributed by atoms with Crippen molar-refractivity contribution in [1.82, 2.24) is 10.3 Å². The fourth-order valence-electron chi connectivity index (χ4n) is 2.79. The molecule has 28 heavy (non-hydrogen) atoms. The Balaban J connectivity index is 1.52. The van der Waals surface area contributed by atoms with E-state index >= 15 is 0 Å². The minimum absolute atomic E-state index is 0.295. The van der Waals surface area contributed by atoms with Gasteiger partial charge in [-0.05, 0) is 41.9 Å². The van der Waals surface area contributed by atoms with Crippen LogP contribution in [0.5, 0.6) is 0 Å². The Labute approximate surface area is 174 Å². The number of furan rings is 1. The van der Waals surface area contributed by atoms with E-state index in [-0.39, 0.29) is 0 Å². The van der Waals surface area contributed by atoms with Crippen LogP contribution >= 0.6 is 35.0 Å². The summed E-state index contributed by atoms with van der Waals surface area (Å²) in [4.78, 5) is 27.5. The van der Waals surface area contributed by atoms with Gasteiger partial charge in [-0.3, -0.25) is 19.9 Å². The quantitative estimate of drug-likeness (QED) is 0.543. The van der Waals surface area contributed by atoms with E-state index in [1.54, 1.807) is 36.7 Å². The molecular formula is C19H13Cl2N3O3S. The van der Waals surface area contributed by atoms with Gasteiger partial charge in [0.2, 0.25) is 0 Å². The Kier molecular flexibility index (Phi) is 5.30. The van der Waals surface area contributed by atoms with Crippen LogP contribution in [0.25, 0.3) is 17.0 Å². The molecule has 4 rings (SSSR count). The Morgan fingerprint density at radius 3 is 2.82 bits per heavy atom. The number of imide groups is 1. The third-order valence-corrected chi connectivity index (χ3v) is 5.48. The van der Waals surface area contributed by atoms with Gasteiger partial charge in [0.25, 0.3) is 11.1 Å². The maximum absolute atomic E-state index is 11.7. The topological polar surface area (TPSA) is 84.2 Å². The van der Waals surface area contributed by atoms with Crippen LogP contribution in [-0.2, 0) is 11.2 Å². The predicted molar refractivity (Wildman–Crippen MR) is 112 cm³/mol. The molecule has 0 bridgehead atoms. The lowest BCUT2D eigenvalue weighted by Crippen LogP contribution is -2.17. The lowest BCUT2D eigenvalue weighted by Gasteiger charge is -2.08. The van der Waals surface area contributed by atoms with Gasteiger partial charge >= 0.3 is 0 Å². The number of anilines is 1. The SMILES string of the molecule is O=C1NC(=O)/C(=C/c2cc3cncc(NCCc4ccc(Cl)cc4Cl)c3o2)S1. The third kappa shape index (κ3) is 4.01. The van der Waals surface area contributed by atoms with Gasteiger partial charge < -0.3 is 9.73 Å². The summed E-state index contributed by atoms with van der Waals surface area (Å²) in [6.07, 6.45) is 5.59. The van der Waals surface area contributed by atoms with E-state index in [4.69, 9.17) is 27.6 Å². The largest absolute Gasteiger partial charge is 0.454 e. The minimum Gasteiger partial charge on any atom is -0.454 e. The molecule has 1 fully saturated rings. The van der Waals surface area contributed by atoms with Crippen LogP contribution in [0.2, 0.25) is 10.0 Å². The number of nitrogens with zero attached hydrogens (tertiary/aromatic N) is 1. The second-order valence-corrected chi connectivity index (χ2v) is 7.88. The van der Waals surface area contributed by atoms with Gasteiger partial charge in [0.1, 0.15) is 5.76 Å². The smallest absolute Gasteiger partial charge is 0.290 e. The molecule has 3 aromatic rings. The van der Waals surface area contributed by atoms with Crippen LogP contribution in [0, 0.1) is 0 Å². The summed E-state index contributed by atoms with van der Waals surface area (Å²) in [5.41, 5.74) is 2.34. The van der Waals surface area contributed by atoms with E-state index in [1.165, 1.54) is 0 Å². The molecule has 0 radical (unpaired) electrons. The first kappa shape index (κ1) is 18.9. The number of carbonyl (C=O) groups excluding carboxylic acids is 2. The standard InChI is InChI=1S/C19H13Cl2N3O3S/c20-12-2-1-10(14(21)6-12)3-4-23-15-9-22-8-11-5-13(27-17(11)15)7-16-18(25)24-19(26)28-16/h1-2,5-9,23H,3-4H2,(H,24,25,26)/b16-7-. The van der Waals surface area contributed by atoms with Crippen molar-refractivity contribution in [3.05, 3.63) is 62.9 Å². The van der Waals surface area contributed by atoms with Crippen molar-refractivity contribution in [3.63, 3.8) is 0 Å². The molecule has 1 aliphatic rings. The van der Waals surface area contributed by atoms with E-state index in [1.807, 2.05) is 6.07 Å². The first-order chi connectivity index (χ1) is 13.5. The Morgan fingerprint density at radius 2 is 2.07 bits per heavy atom. The highest BCUT2D eigenvalue weighted by Gasteiger charge is 2.25. The summed E-state index contributed by atoms with van der Waals surface area (Å²) >= 11 is 13.0. The molecule has 0 atom stereocenters. The molecule has 2 amide bonds. The van der Waals surface area contributed by atoms with Crippen molar-refractivity contribution < 1.29 is 14.0 Å². The van der Waals surface area contributed by atoms with Crippen LogP contribution in [0.15, 0.2) is 46.0 Å². The zero-order valence-corrected chi connectivity index (χ0v) is 16.6. The molecule has 1 saturated heterocycles. The average molecular weight is 434 g/mol. The van der Waals surface area contributed by atoms with E-state index < -0.39 is 11.1 Å². The molecule has 0 saturated carbocycles. The molecule has 2 N–H and O–H groups in total. The number of thioether (sulfide) groups is 1. The fraction of sp³-hybridized carbons (Fsp3) is 0.105. The van der Waals surface area contributed by atoms with Crippen molar-refractivity contribution in [3.8, 4) is 0 Å². The highest BCUT2D eigenvalue weighted by atomic mass is 35.5. The van der Waals surface area contributed by atoms with E-state index in [9.17, 15) is 9.59 Å². The van der Waals surface area contributed by atoms with Crippen molar-refractivity contribution in [2.75, 3.05) is 11.9 Å². The number of pyridine rings is 1. The molecule has 142 valence electrons.